The van der Waals surface area contributed by atoms with Gasteiger partial charge in [-0.2, -0.15) is 8.78 Å². The first-order chi connectivity index (χ1) is 7.71. The van der Waals surface area contributed by atoms with Crippen LogP contribution in [-0.2, 0) is 4.79 Å². The maximum Gasteiger partial charge on any atom is 0.377 e. The molecular formula is C12H20F2O3. The first-order valence-corrected chi connectivity index (χ1v) is 6.04. The van der Waals surface area contributed by atoms with E-state index >= 15 is 0 Å². The molecule has 0 aromatic heterocycles. The minimum atomic E-state index is -4.06. The lowest BCUT2D eigenvalue weighted by Crippen LogP contribution is -2.53. The minimum absolute atomic E-state index is 0.143. The second-order valence-electron chi connectivity index (χ2n) is 5.35. The van der Waals surface area contributed by atoms with Crippen LogP contribution in [0.2, 0.25) is 0 Å². The van der Waals surface area contributed by atoms with Crippen molar-refractivity contribution in [3.63, 3.8) is 0 Å². The fraction of sp³-hybridized carbons (Fsp3) is 0.917. The van der Waals surface area contributed by atoms with E-state index in [1.54, 1.807) is 0 Å². The van der Waals surface area contributed by atoms with Crippen molar-refractivity contribution >= 4 is 5.97 Å². The SMILES string of the molecule is CC(C)C1CCCC(O)(C(F)(F)C(=O)O)CC1. The van der Waals surface area contributed by atoms with Gasteiger partial charge in [0.1, 0.15) is 5.60 Å². The van der Waals surface area contributed by atoms with Crippen molar-refractivity contribution < 1.29 is 23.8 Å². The number of carbonyl (C=O) groups is 1. The van der Waals surface area contributed by atoms with E-state index in [1.165, 1.54) is 0 Å². The first-order valence-electron chi connectivity index (χ1n) is 6.04. The van der Waals surface area contributed by atoms with E-state index in [2.05, 4.69) is 0 Å². The number of carboxylic acid groups (broad SMARTS) is 1. The quantitative estimate of drug-likeness (QED) is 0.757. The summed E-state index contributed by atoms with van der Waals surface area (Å²) in [5.41, 5.74) is -2.39. The Kier molecular flexibility index (Phi) is 4.12. The van der Waals surface area contributed by atoms with E-state index in [0.717, 1.165) is 6.42 Å². The highest BCUT2D eigenvalue weighted by Crippen LogP contribution is 2.42. The Morgan fingerprint density at radius 3 is 2.41 bits per heavy atom. The predicted octanol–water partition coefficient (Wildman–Crippen LogP) is 2.67. The Labute approximate surface area is 99.8 Å². The second kappa shape index (κ2) is 4.88. The number of rotatable bonds is 3. The standard InChI is InChI=1S/C12H20F2O3/c1-8(2)9-4-3-6-11(17,7-5-9)12(13,14)10(15)16/h8-9,17H,3-7H2,1-2H3,(H,15,16). The molecule has 2 atom stereocenters. The van der Waals surface area contributed by atoms with Crippen LogP contribution in [-0.4, -0.2) is 27.7 Å². The van der Waals surface area contributed by atoms with Crippen molar-refractivity contribution in [1.29, 1.82) is 0 Å². The molecule has 2 N–H and O–H groups in total. The third kappa shape index (κ3) is 2.76. The maximum absolute atomic E-state index is 13.5. The van der Waals surface area contributed by atoms with Gasteiger partial charge in [0, 0.05) is 0 Å². The molecule has 0 aromatic carbocycles. The van der Waals surface area contributed by atoms with E-state index in [0.29, 0.717) is 18.8 Å². The summed E-state index contributed by atoms with van der Waals surface area (Å²) in [6.07, 6.45) is 1.39. The Bertz CT molecular complexity index is 291. The van der Waals surface area contributed by atoms with Crippen LogP contribution in [0.1, 0.15) is 46.0 Å². The van der Waals surface area contributed by atoms with Crippen LogP contribution in [0, 0.1) is 11.8 Å². The van der Waals surface area contributed by atoms with E-state index in [1.807, 2.05) is 13.8 Å². The van der Waals surface area contributed by atoms with Crippen LogP contribution in [0.5, 0.6) is 0 Å². The van der Waals surface area contributed by atoms with Crippen LogP contribution in [0.25, 0.3) is 0 Å². The summed E-state index contributed by atoms with van der Waals surface area (Å²) in [7, 11) is 0. The number of halogens is 2. The van der Waals surface area contributed by atoms with Crippen molar-refractivity contribution in [2.45, 2.75) is 57.5 Å². The number of aliphatic hydroxyl groups is 1. The summed E-state index contributed by atoms with van der Waals surface area (Å²) in [5.74, 6) is -5.63. The molecule has 0 amide bonds. The van der Waals surface area contributed by atoms with Crippen LogP contribution in [0.3, 0.4) is 0 Å². The molecule has 0 aliphatic heterocycles. The van der Waals surface area contributed by atoms with Crippen LogP contribution >= 0.6 is 0 Å². The van der Waals surface area contributed by atoms with Crippen LogP contribution in [0.4, 0.5) is 8.78 Å². The second-order valence-corrected chi connectivity index (χ2v) is 5.35. The number of aliphatic carboxylic acids is 1. The van der Waals surface area contributed by atoms with Gasteiger partial charge in [-0.15, -0.1) is 0 Å². The molecule has 1 saturated carbocycles. The zero-order chi connectivity index (χ0) is 13.3. The Hall–Kier alpha value is -0.710. The molecule has 1 aliphatic rings. The van der Waals surface area contributed by atoms with Crippen molar-refractivity contribution in [2.75, 3.05) is 0 Å². The fourth-order valence-electron chi connectivity index (χ4n) is 2.53. The van der Waals surface area contributed by atoms with Gasteiger partial charge in [0.25, 0.3) is 0 Å². The fourth-order valence-corrected chi connectivity index (χ4v) is 2.53. The molecule has 3 nitrogen and oxygen atoms in total. The summed E-state index contributed by atoms with van der Waals surface area (Å²) >= 11 is 0. The van der Waals surface area contributed by atoms with Crippen molar-refractivity contribution in [2.24, 2.45) is 11.8 Å². The van der Waals surface area contributed by atoms with Crippen LogP contribution < -0.4 is 0 Å². The number of hydrogen-bond donors (Lipinski definition) is 2. The van der Waals surface area contributed by atoms with E-state index in [-0.39, 0.29) is 18.8 Å². The molecule has 0 spiro atoms. The van der Waals surface area contributed by atoms with E-state index in [9.17, 15) is 18.7 Å². The highest BCUT2D eigenvalue weighted by atomic mass is 19.3. The lowest BCUT2D eigenvalue weighted by Gasteiger charge is -2.32. The zero-order valence-electron chi connectivity index (χ0n) is 10.2. The summed E-state index contributed by atoms with van der Waals surface area (Å²) in [6, 6.07) is 0. The highest BCUT2D eigenvalue weighted by molar-refractivity contribution is 5.77. The first kappa shape index (κ1) is 14.4. The third-order valence-corrected chi connectivity index (χ3v) is 3.89. The molecule has 0 saturated heterocycles. The van der Waals surface area contributed by atoms with Crippen molar-refractivity contribution in [3.8, 4) is 0 Å². The molecule has 1 fully saturated rings. The summed E-state index contributed by atoms with van der Waals surface area (Å²) in [4.78, 5) is 10.5. The van der Waals surface area contributed by atoms with E-state index < -0.39 is 17.5 Å². The van der Waals surface area contributed by atoms with Gasteiger partial charge in [0.15, 0.2) is 0 Å². The van der Waals surface area contributed by atoms with Gasteiger partial charge in [-0.1, -0.05) is 26.7 Å². The molecule has 1 aliphatic carbocycles. The molecule has 17 heavy (non-hydrogen) atoms. The minimum Gasteiger partial charge on any atom is -0.477 e. The Morgan fingerprint density at radius 2 is 1.94 bits per heavy atom. The molecule has 0 heterocycles. The summed E-state index contributed by atoms with van der Waals surface area (Å²) in [6.45, 7) is 4.04. The lowest BCUT2D eigenvalue weighted by atomic mass is 9.85. The van der Waals surface area contributed by atoms with Gasteiger partial charge in [-0.25, -0.2) is 4.79 Å². The average Bonchev–Trinajstić information content (AvgIpc) is 2.41. The number of carboxylic acids is 1. The van der Waals surface area contributed by atoms with Gasteiger partial charge in [0.05, 0.1) is 0 Å². The lowest BCUT2D eigenvalue weighted by molar-refractivity contribution is -0.211. The topological polar surface area (TPSA) is 57.5 Å². The van der Waals surface area contributed by atoms with Gasteiger partial charge < -0.3 is 10.2 Å². The monoisotopic (exact) mass is 250 g/mol. The molecule has 0 radical (unpaired) electrons. The van der Waals surface area contributed by atoms with Gasteiger partial charge in [0.2, 0.25) is 0 Å². The number of hydrogen-bond acceptors (Lipinski definition) is 2. The van der Waals surface area contributed by atoms with Crippen LogP contribution in [0.15, 0.2) is 0 Å². The smallest absolute Gasteiger partial charge is 0.377 e. The Balaban J connectivity index is 2.82. The third-order valence-electron chi connectivity index (χ3n) is 3.89. The molecule has 0 bridgehead atoms. The molecule has 1 rings (SSSR count). The Morgan fingerprint density at radius 1 is 1.35 bits per heavy atom. The number of alkyl halides is 2. The summed E-state index contributed by atoms with van der Waals surface area (Å²) in [5, 5.41) is 18.4. The molecular weight excluding hydrogens is 230 g/mol. The maximum atomic E-state index is 13.5. The average molecular weight is 250 g/mol. The molecule has 0 aromatic rings. The van der Waals surface area contributed by atoms with Crippen molar-refractivity contribution in [3.05, 3.63) is 0 Å². The summed E-state index contributed by atoms with van der Waals surface area (Å²) < 4.78 is 27.0. The normalized spacial score (nSPS) is 31.3. The zero-order valence-corrected chi connectivity index (χ0v) is 10.2. The van der Waals surface area contributed by atoms with E-state index in [4.69, 9.17) is 5.11 Å². The van der Waals surface area contributed by atoms with Gasteiger partial charge in [-0.05, 0) is 31.1 Å². The largest absolute Gasteiger partial charge is 0.477 e. The predicted molar refractivity (Wildman–Crippen MR) is 58.9 cm³/mol. The van der Waals surface area contributed by atoms with Crippen molar-refractivity contribution in [1.82, 2.24) is 0 Å². The van der Waals surface area contributed by atoms with Gasteiger partial charge >= 0.3 is 11.9 Å². The molecule has 2 unspecified atom stereocenters. The molecule has 100 valence electrons. The molecule has 5 heteroatoms. The van der Waals surface area contributed by atoms with Gasteiger partial charge in [-0.3, -0.25) is 0 Å². The highest BCUT2D eigenvalue weighted by Gasteiger charge is 2.58.